The van der Waals surface area contributed by atoms with E-state index in [2.05, 4.69) is 17.4 Å². The third kappa shape index (κ3) is 4.01. The van der Waals surface area contributed by atoms with E-state index in [-0.39, 0.29) is 6.03 Å². The molecule has 0 unspecified atom stereocenters. The molecule has 0 radical (unpaired) electrons. The third-order valence-corrected chi connectivity index (χ3v) is 4.45. The lowest BCUT2D eigenvalue weighted by Crippen LogP contribution is -2.43. The first-order valence-corrected chi connectivity index (χ1v) is 8.50. The van der Waals surface area contributed by atoms with E-state index in [0.29, 0.717) is 30.5 Å². The number of urea groups is 1. The lowest BCUT2D eigenvalue weighted by atomic mass is 10.0. The zero-order valence-corrected chi connectivity index (χ0v) is 14.5. The second-order valence-electron chi connectivity index (χ2n) is 5.95. The Morgan fingerprint density at radius 2 is 2.04 bits per heavy atom. The van der Waals surface area contributed by atoms with Crippen molar-refractivity contribution in [2.45, 2.75) is 19.9 Å². The van der Waals surface area contributed by atoms with Crippen molar-refractivity contribution >= 4 is 17.6 Å². The van der Waals surface area contributed by atoms with Crippen LogP contribution < -0.4 is 10.1 Å². The van der Waals surface area contributed by atoms with Gasteiger partial charge in [-0.15, -0.1) is 0 Å². The highest BCUT2D eigenvalue weighted by Crippen LogP contribution is 2.25. The van der Waals surface area contributed by atoms with Gasteiger partial charge in [-0.2, -0.15) is 0 Å². The average Bonchev–Trinajstić information content (AvgIpc) is 2.61. The number of carbonyl (C=O) groups excluding carboxylic acids is 1. The summed E-state index contributed by atoms with van der Waals surface area (Å²) in [6, 6.07) is 13.9. The van der Waals surface area contributed by atoms with Gasteiger partial charge >= 0.3 is 6.03 Å². The number of carbonyl (C=O) groups is 1. The molecule has 0 fully saturated rings. The van der Waals surface area contributed by atoms with E-state index in [4.69, 9.17) is 16.3 Å². The second kappa shape index (κ2) is 7.58. The van der Waals surface area contributed by atoms with E-state index < -0.39 is 0 Å². The lowest BCUT2D eigenvalue weighted by molar-refractivity contribution is 0.189. The molecule has 5 heteroatoms. The number of hydrogen-bond acceptors (Lipinski definition) is 2. The number of nitrogens with zero attached hydrogens (tertiary/aromatic N) is 1. The minimum Gasteiger partial charge on any atom is -0.490 e. The molecule has 2 aromatic carbocycles. The fourth-order valence-electron chi connectivity index (χ4n) is 2.82. The summed E-state index contributed by atoms with van der Waals surface area (Å²) >= 11 is 6.09. The highest BCUT2D eigenvalue weighted by molar-refractivity contribution is 6.32. The van der Waals surface area contributed by atoms with E-state index in [9.17, 15) is 4.79 Å². The highest BCUT2D eigenvalue weighted by Gasteiger charge is 2.19. The molecular weight excluding hydrogens is 324 g/mol. The van der Waals surface area contributed by atoms with Crippen LogP contribution in [0.2, 0.25) is 5.02 Å². The molecule has 2 amide bonds. The summed E-state index contributed by atoms with van der Waals surface area (Å²) in [6.45, 7) is 4.22. The Morgan fingerprint density at radius 3 is 2.88 bits per heavy atom. The van der Waals surface area contributed by atoms with E-state index >= 15 is 0 Å². The zero-order valence-electron chi connectivity index (χ0n) is 13.7. The molecule has 1 N–H and O–H groups in total. The SMILES string of the molecule is Cc1ccc(Cl)c(OCCNC(=O)N2CCc3ccccc3C2)c1. The number of fused-ring (bicyclic) bond motifs is 1. The summed E-state index contributed by atoms with van der Waals surface area (Å²) in [6.07, 6.45) is 0.902. The number of rotatable bonds is 4. The molecule has 126 valence electrons. The molecule has 1 aliphatic rings. The van der Waals surface area contributed by atoms with Gasteiger partial charge < -0.3 is 15.0 Å². The average molecular weight is 345 g/mol. The minimum absolute atomic E-state index is 0.0524. The molecule has 0 saturated carbocycles. The number of benzene rings is 2. The first-order chi connectivity index (χ1) is 11.6. The Balaban J connectivity index is 1.46. The van der Waals surface area contributed by atoms with Crippen LogP contribution in [-0.2, 0) is 13.0 Å². The fourth-order valence-corrected chi connectivity index (χ4v) is 2.99. The number of nitrogens with one attached hydrogen (secondary N) is 1. The zero-order chi connectivity index (χ0) is 16.9. The lowest BCUT2D eigenvalue weighted by Gasteiger charge is -2.28. The standard InChI is InChI=1S/C19H21ClN2O2/c1-14-6-7-17(20)18(12-14)24-11-9-21-19(23)22-10-8-15-4-2-3-5-16(15)13-22/h2-7,12H,8-11,13H2,1H3,(H,21,23). The fraction of sp³-hybridized carbons (Fsp3) is 0.316. The maximum atomic E-state index is 12.3. The number of aryl methyl sites for hydroxylation is 1. The van der Waals surface area contributed by atoms with Crippen molar-refractivity contribution in [1.29, 1.82) is 0 Å². The molecule has 0 spiro atoms. The number of amides is 2. The van der Waals surface area contributed by atoms with Gasteiger partial charge in [0.2, 0.25) is 0 Å². The maximum Gasteiger partial charge on any atom is 0.317 e. The van der Waals surface area contributed by atoms with Crippen LogP contribution in [0, 0.1) is 6.92 Å². The van der Waals surface area contributed by atoms with Gasteiger partial charge in [0.05, 0.1) is 11.6 Å². The topological polar surface area (TPSA) is 41.6 Å². The molecular formula is C19H21ClN2O2. The van der Waals surface area contributed by atoms with Crippen molar-refractivity contribution in [2.24, 2.45) is 0 Å². The van der Waals surface area contributed by atoms with E-state index in [1.165, 1.54) is 11.1 Å². The monoisotopic (exact) mass is 344 g/mol. The molecule has 1 heterocycles. The molecule has 0 saturated heterocycles. The molecule has 4 nitrogen and oxygen atoms in total. The van der Waals surface area contributed by atoms with Crippen LogP contribution in [0.4, 0.5) is 4.79 Å². The second-order valence-corrected chi connectivity index (χ2v) is 6.36. The molecule has 0 aromatic heterocycles. The Hall–Kier alpha value is -2.20. The first kappa shape index (κ1) is 16.7. The third-order valence-electron chi connectivity index (χ3n) is 4.14. The maximum absolute atomic E-state index is 12.3. The van der Waals surface area contributed by atoms with Crippen molar-refractivity contribution in [3.8, 4) is 5.75 Å². The summed E-state index contributed by atoms with van der Waals surface area (Å²) in [7, 11) is 0. The van der Waals surface area contributed by atoms with Gasteiger partial charge in [0, 0.05) is 13.1 Å². The normalized spacial score (nSPS) is 13.3. The molecule has 0 atom stereocenters. The summed E-state index contributed by atoms with van der Waals surface area (Å²) in [5.74, 6) is 0.651. The molecule has 2 aromatic rings. The van der Waals surface area contributed by atoms with Crippen LogP contribution in [0.1, 0.15) is 16.7 Å². The van der Waals surface area contributed by atoms with Gasteiger partial charge in [0.15, 0.2) is 0 Å². The minimum atomic E-state index is -0.0524. The van der Waals surface area contributed by atoms with Gasteiger partial charge in [0.25, 0.3) is 0 Å². The highest BCUT2D eigenvalue weighted by atomic mass is 35.5. The molecule has 0 bridgehead atoms. The van der Waals surface area contributed by atoms with E-state index in [1.54, 1.807) is 0 Å². The summed E-state index contributed by atoms with van der Waals surface area (Å²) < 4.78 is 5.65. The number of halogens is 1. The predicted octanol–water partition coefficient (Wildman–Crippen LogP) is 3.80. The summed E-state index contributed by atoms with van der Waals surface area (Å²) in [5.41, 5.74) is 3.64. The molecule has 3 rings (SSSR count). The summed E-state index contributed by atoms with van der Waals surface area (Å²) in [4.78, 5) is 14.1. The van der Waals surface area contributed by atoms with Crippen LogP contribution in [0.25, 0.3) is 0 Å². The Morgan fingerprint density at radius 1 is 1.25 bits per heavy atom. The van der Waals surface area contributed by atoms with Crippen molar-refractivity contribution in [3.05, 3.63) is 64.2 Å². The number of hydrogen-bond donors (Lipinski definition) is 1. The van der Waals surface area contributed by atoms with Gasteiger partial charge in [-0.25, -0.2) is 4.79 Å². The van der Waals surface area contributed by atoms with Crippen LogP contribution in [-0.4, -0.2) is 30.6 Å². The Bertz CT molecular complexity index is 733. The van der Waals surface area contributed by atoms with Crippen molar-refractivity contribution in [1.82, 2.24) is 10.2 Å². The van der Waals surface area contributed by atoms with Gasteiger partial charge in [-0.3, -0.25) is 0 Å². The largest absolute Gasteiger partial charge is 0.490 e. The van der Waals surface area contributed by atoms with Gasteiger partial charge in [0.1, 0.15) is 12.4 Å². The molecule has 24 heavy (non-hydrogen) atoms. The Labute approximate surface area is 147 Å². The molecule has 0 aliphatic carbocycles. The molecule has 1 aliphatic heterocycles. The van der Waals surface area contributed by atoms with Gasteiger partial charge in [-0.1, -0.05) is 41.9 Å². The van der Waals surface area contributed by atoms with Crippen LogP contribution in [0.5, 0.6) is 5.75 Å². The smallest absolute Gasteiger partial charge is 0.317 e. The predicted molar refractivity (Wildman–Crippen MR) is 95.6 cm³/mol. The Kier molecular flexibility index (Phi) is 5.26. The van der Waals surface area contributed by atoms with Crippen LogP contribution in [0.15, 0.2) is 42.5 Å². The van der Waals surface area contributed by atoms with Crippen molar-refractivity contribution < 1.29 is 9.53 Å². The number of ether oxygens (including phenoxy) is 1. The quantitative estimate of drug-likeness (QED) is 0.857. The summed E-state index contributed by atoms with van der Waals surface area (Å²) in [5, 5.41) is 3.49. The van der Waals surface area contributed by atoms with Crippen LogP contribution in [0.3, 0.4) is 0 Å². The van der Waals surface area contributed by atoms with E-state index in [0.717, 1.165) is 18.5 Å². The van der Waals surface area contributed by atoms with E-state index in [1.807, 2.05) is 42.2 Å². The van der Waals surface area contributed by atoms with Crippen molar-refractivity contribution in [2.75, 3.05) is 19.7 Å². The van der Waals surface area contributed by atoms with Crippen LogP contribution >= 0.6 is 11.6 Å². The van der Waals surface area contributed by atoms with Crippen molar-refractivity contribution in [3.63, 3.8) is 0 Å². The first-order valence-electron chi connectivity index (χ1n) is 8.12. The van der Waals surface area contributed by atoms with Gasteiger partial charge in [-0.05, 0) is 42.2 Å².